The van der Waals surface area contributed by atoms with Crippen molar-refractivity contribution in [1.82, 2.24) is 5.32 Å². The zero-order valence-corrected chi connectivity index (χ0v) is 10.8. The fourth-order valence-electron chi connectivity index (χ4n) is 1.13. The van der Waals surface area contributed by atoms with Crippen LogP contribution in [0.25, 0.3) is 0 Å². The minimum atomic E-state index is -1.72. The lowest BCUT2D eigenvalue weighted by Gasteiger charge is -2.21. The summed E-state index contributed by atoms with van der Waals surface area (Å²) in [4.78, 5) is 11.8. The number of carbonyl (C=O) groups is 1. The summed E-state index contributed by atoms with van der Waals surface area (Å²) in [5, 5.41) is 2.42. The van der Waals surface area contributed by atoms with E-state index in [1.54, 1.807) is 12.1 Å². The summed E-state index contributed by atoms with van der Waals surface area (Å²) in [6.07, 6.45) is -1.05. The quantitative estimate of drug-likeness (QED) is 0.646. The molecule has 88 valence electrons. The van der Waals surface area contributed by atoms with E-state index in [0.29, 0.717) is 5.56 Å². The van der Waals surface area contributed by atoms with Gasteiger partial charge in [-0.2, -0.15) is 0 Å². The zero-order chi connectivity index (χ0) is 12.3. The van der Waals surface area contributed by atoms with Gasteiger partial charge in [0, 0.05) is 5.56 Å². The van der Waals surface area contributed by atoms with Gasteiger partial charge in [-0.05, 0) is 18.6 Å². The highest BCUT2D eigenvalue weighted by Gasteiger charge is 2.30. The molecule has 0 heterocycles. The number of benzene rings is 1. The van der Waals surface area contributed by atoms with Crippen molar-refractivity contribution in [2.24, 2.45) is 5.73 Å². The Bertz CT molecular complexity index is 390. The largest absolute Gasteiger partial charge is 0.333 e. The van der Waals surface area contributed by atoms with Crippen LogP contribution in [0.4, 0.5) is 0 Å². The van der Waals surface area contributed by atoms with Crippen LogP contribution >= 0.6 is 34.8 Å². The maximum absolute atomic E-state index is 11.8. The highest BCUT2D eigenvalue weighted by Crippen LogP contribution is 2.27. The van der Waals surface area contributed by atoms with E-state index in [2.05, 4.69) is 5.32 Å². The Kier molecular flexibility index (Phi) is 4.44. The number of rotatable bonds is 2. The van der Waals surface area contributed by atoms with Gasteiger partial charge in [-0.3, -0.25) is 4.79 Å². The number of nitrogens with two attached hydrogens (primary N) is 1. The molecule has 1 atom stereocenters. The van der Waals surface area contributed by atoms with Gasteiger partial charge in [0.25, 0.3) is 5.91 Å². The second-order valence-electron chi connectivity index (χ2n) is 3.31. The Morgan fingerprint density at radius 1 is 1.38 bits per heavy atom. The molecular formula is C10H11Cl3N2O. The first-order valence-electron chi connectivity index (χ1n) is 4.51. The molecule has 0 bridgehead atoms. The van der Waals surface area contributed by atoms with Crippen LogP contribution in [-0.2, 0) is 0 Å². The van der Waals surface area contributed by atoms with Crippen molar-refractivity contribution in [1.29, 1.82) is 0 Å². The minimum Gasteiger partial charge on any atom is -0.333 e. The van der Waals surface area contributed by atoms with Gasteiger partial charge >= 0.3 is 0 Å². The van der Waals surface area contributed by atoms with Gasteiger partial charge in [-0.1, -0.05) is 53.0 Å². The minimum absolute atomic E-state index is 0.364. The summed E-state index contributed by atoms with van der Waals surface area (Å²) in [7, 11) is 0. The highest BCUT2D eigenvalue weighted by atomic mass is 35.6. The molecule has 0 fully saturated rings. The van der Waals surface area contributed by atoms with E-state index in [-0.39, 0.29) is 5.91 Å². The first-order valence-corrected chi connectivity index (χ1v) is 5.64. The van der Waals surface area contributed by atoms with Gasteiger partial charge < -0.3 is 11.1 Å². The maximum Gasteiger partial charge on any atom is 0.252 e. The normalized spacial score (nSPS) is 13.3. The van der Waals surface area contributed by atoms with Crippen molar-refractivity contribution in [3.63, 3.8) is 0 Å². The molecule has 0 radical (unpaired) electrons. The number of hydrogen-bond acceptors (Lipinski definition) is 2. The summed E-state index contributed by atoms with van der Waals surface area (Å²) in [6, 6.07) is 7.08. The molecule has 0 aliphatic carbocycles. The van der Waals surface area contributed by atoms with Crippen molar-refractivity contribution in [3.05, 3.63) is 35.4 Å². The second-order valence-corrected chi connectivity index (χ2v) is 5.68. The first-order chi connectivity index (χ1) is 7.32. The molecular weight excluding hydrogens is 270 g/mol. The van der Waals surface area contributed by atoms with Crippen LogP contribution in [0.3, 0.4) is 0 Å². The Morgan fingerprint density at radius 3 is 2.44 bits per heavy atom. The number of nitrogens with one attached hydrogen (secondary N) is 1. The fraction of sp³-hybridized carbons (Fsp3) is 0.300. The van der Waals surface area contributed by atoms with Crippen LogP contribution in [0.5, 0.6) is 0 Å². The Labute approximate surface area is 109 Å². The summed E-state index contributed by atoms with van der Waals surface area (Å²) in [5.74, 6) is -0.364. The van der Waals surface area contributed by atoms with Crippen molar-refractivity contribution in [3.8, 4) is 0 Å². The van der Waals surface area contributed by atoms with Crippen LogP contribution < -0.4 is 11.1 Å². The van der Waals surface area contributed by atoms with E-state index in [1.807, 2.05) is 19.1 Å². The number of aryl methyl sites for hydroxylation is 1. The molecule has 0 aliphatic rings. The predicted octanol–water partition coefficient (Wildman–Crippen LogP) is 2.38. The standard InChI is InChI=1S/C10H11Cl3N2O/c1-6-4-2-3-5-7(6)8(16)15-9(14)10(11,12)13/h2-5,9H,14H2,1H3,(H,15,16). The topological polar surface area (TPSA) is 55.1 Å². The first kappa shape index (κ1) is 13.6. The molecule has 1 rings (SSSR count). The van der Waals surface area contributed by atoms with Gasteiger partial charge in [0.1, 0.15) is 6.17 Å². The van der Waals surface area contributed by atoms with Gasteiger partial charge in [0.05, 0.1) is 0 Å². The van der Waals surface area contributed by atoms with Crippen molar-refractivity contribution in [2.45, 2.75) is 16.9 Å². The van der Waals surface area contributed by atoms with Gasteiger partial charge in [0.2, 0.25) is 3.79 Å². The van der Waals surface area contributed by atoms with E-state index < -0.39 is 9.96 Å². The third-order valence-corrected chi connectivity index (χ3v) is 2.73. The summed E-state index contributed by atoms with van der Waals surface area (Å²) in [5.41, 5.74) is 6.85. The number of halogens is 3. The lowest BCUT2D eigenvalue weighted by atomic mass is 10.1. The van der Waals surface area contributed by atoms with E-state index in [0.717, 1.165) is 5.56 Å². The average Bonchev–Trinajstić information content (AvgIpc) is 2.16. The Hall–Kier alpha value is -0.480. The van der Waals surface area contributed by atoms with Gasteiger partial charge in [-0.15, -0.1) is 0 Å². The average molecular weight is 282 g/mol. The number of hydrogen-bond donors (Lipinski definition) is 2. The van der Waals surface area contributed by atoms with E-state index >= 15 is 0 Å². The van der Waals surface area contributed by atoms with Crippen molar-refractivity contribution >= 4 is 40.7 Å². The molecule has 1 aromatic rings. The molecule has 16 heavy (non-hydrogen) atoms. The SMILES string of the molecule is Cc1ccccc1C(=O)NC(N)C(Cl)(Cl)Cl. The van der Waals surface area contributed by atoms with Crippen LogP contribution in [0.2, 0.25) is 0 Å². The zero-order valence-electron chi connectivity index (χ0n) is 8.51. The lowest BCUT2D eigenvalue weighted by molar-refractivity contribution is 0.0938. The molecule has 0 saturated heterocycles. The van der Waals surface area contributed by atoms with Crippen molar-refractivity contribution in [2.75, 3.05) is 0 Å². The molecule has 0 aliphatic heterocycles. The third kappa shape index (κ3) is 3.52. The van der Waals surface area contributed by atoms with Crippen LogP contribution in [0, 0.1) is 6.92 Å². The molecule has 1 unspecified atom stereocenters. The van der Waals surface area contributed by atoms with E-state index in [9.17, 15) is 4.79 Å². The molecule has 3 nitrogen and oxygen atoms in total. The molecule has 1 amide bonds. The summed E-state index contributed by atoms with van der Waals surface area (Å²) in [6.45, 7) is 1.82. The molecule has 6 heteroatoms. The van der Waals surface area contributed by atoms with E-state index in [1.165, 1.54) is 0 Å². The predicted molar refractivity (Wildman–Crippen MR) is 66.9 cm³/mol. The molecule has 0 saturated carbocycles. The highest BCUT2D eigenvalue weighted by molar-refractivity contribution is 6.68. The van der Waals surface area contributed by atoms with Crippen LogP contribution in [0.1, 0.15) is 15.9 Å². The smallest absolute Gasteiger partial charge is 0.252 e. The van der Waals surface area contributed by atoms with Crippen LogP contribution in [0.15, 0.2) is 24.3 Å². The molecule has 0 spiro atoms. The Morgan fingerprint density at radius 2 is 1.94 bits per heavy atom. The van der Waals surface area contributed by atoms with E-state index in [4.69, 9.17) is 40.5 Å². The molecule has 3 N–H and O–H groups in total. The monoisotopic (exact) mass is 280 g/mol. The third-order valence-electron chi connectivity index (χ3n) is 2.03. The lowest BCUT2D eigenvalue weighted by Crippen LogP contribution is -2.50. The second kappa shape index (κ2) is 5.23. The van der Waals surface area contributed by atoms with Gasteiger partial charge in [0.15, 0.2) is 0 Å². The summed E-state index contributed by atoms with van der Waals surface area (Å²) >= 11 is 16.6. The molecule has 1 aromatic carbocycles. The summed E-state index contributed by atoms with van der Waals surface area (Å²) < 4.78 is -1.72. The number of carbonyl (C=O) groups excluding carboxylic acids is 1. The van der Waals surface area contributed by atoms with Gasteiger partial charge in [-0.25, -0.2) is 0 Å². The number of alkyl halides is 3. The van der Waals surface area contributed by atoms with Crippen LogP contribution in [-0.4, -0.2) is 15.9 Å². The molecule has 0 aromatic heterocycles. The van der Waals surface area contributed by atoms with Crippen molar-refractivity contribution < 1.29 is 4.79 Å². The fourth-order valence-corrected chi connectivity index (χ4v) is 1.29. The number of amides is 1. The Balaban J connectivity index is 2.78. The maximum atomic E-state index is 11.8.